The molecule has 0 unspecified atom stereocenters. The van der Waals surface area contributed by atoms with Crippen molar-refractivity contribution in [2.75, 3.05) is 5.32 Å². The van der Waals surface area contributed by atoms with E-state index in [2.05, 4.69) is 15.3 Å². The maximum atomic E-state index is 12.1. The highest BCUT2D eigenvalue weighted by atomic mass is 32.1. The van der Waals surface area contributed by atoms with Crippen molar-refractivity contribution in [3.8, 4) is 17.1 Å². The third kappa shape index (κ3) is 5.41. The summed E-state index contributed by atoms with van der Waals surface area (Å²) in [5, 5.41) is 16.5. The predicted octanol–water partition coefficient (Wildman–Crippen LogP) is 5.48. The normalized spacial score (nSPS) is 10.8. The summed E-state index contributed by atoms with van der Waals surface area (Å²) in [6.07, 6.45) is 4.51. The van der Waals surface area contributed by atoms with Crippen molar-refractivity contribution in [3.05, 3.63) is 100 Å². The van der Waals surface area contributed by atoms with Gasteiger partial charge in [0.2, 0.25) is 0 Å². The van der Waals surface area contributed by atoms with E-state index < -0.39 is 10.9 Å². The lowest BCUT2D eigenvalue weighted by Crippen LogP contribution is -2.03. The first kappa shape index (κ1) is 20.9. The Hall–Kier alpha value is -4.37. The minimum atomic E-state index is -0.563. The first-order valence-electron chi connectivity index (χ1n) is 9.45. The van der Waals surface area contributed by atoms with Gasteiger partial charge in [-0.05, 0) is 48.0 Å². The number of benzene rings is 2. The van der Waals surface area contributed by atoms with Gasteiger partial charge in [-0.3, -0.25) is 15.1 Å². The van der Waals surface area contributed by atoms with E-state index >= 15 is 0 Å². The number of nitro benzene ring substituents is 1. The minimum absolute atomic E-state index is 0.0126. The number of non-ortho nitro benzene ring substituents is 1. The molecule has 0 bridgehead atoms. The lowest BCUT2D eigenvalue weighted by atomic mass is 10.2. The van der Waals surface area contributed by atoms with Gasteiger partial charge in [0.15, 0.2) is 5.13 Å². The molecule has 0 radical (unpaired) electrons. The quantitative estimate of drug-likeness (QED) is 0.132. The summed E-state index contributed by atoms with van der Waals surface area (Å²) >= 11 is 1.44. The molecule has 1 N–H and O–H groups in total. The molecule has 2 heterocycles. The number of hydrogen-bond donors (Lipinski definition) is 1. The molecule has 158 valence electrons. The number of carbonyl (C=O) groups is 1. The zero-order chi connectivity index (χ0) is 22.3. The Morgan fingerprint density at radius 3 is 2.66 bits per heavy atom. The highest BCUT2D eigenvalue weighted by Gasteiger charge is 2.07. The minimum Gasteiger partial charge on any atom is -0.423 e. The molecule has 0 aliphatic rings. The van der Waals surface area contributed by atoms with E-state index in [1.54, 1.807) is 36.5 Å². The van der Waals surface area contributed by atoms with E-state index in [1.165, 1.54) is 35.6 Å². The molecule has 0 fully saturated rings. The average molecular weight is 444 g/mol. The number of nitrogens with zero attached hydrogens (tertiary/aromatic N) is 3. The van der Waals surface area contributed by atoms with Crippen LogP contribution in [0.4, 0.5) is 16.5 Å². The number of esters is 1. The van der Waals surface area contributed by atoms with E-state index in [4.69, 9.17) is 4.74 Å². The summed E-state index contributed by atoms with van der Waals surface area (Å²) in [6, 6.07) is 18.5. The highest BCUT2D eigenvalue weighted by molar-refractivity contribution is 7.14. The molecule has 2 aromatic heterocycles. The fourth-order valence-corrected chi connectivity index (χ4v) is 3.47. The monoisotopic (exact) mass is 444 g/mol. The first-order valence-corrected chi connectivity index (χ1v) is 10.3. The zero-order valence-electron chi connectivity index (χ0n) is 16.5. The average Bonchev–Trinajstić information content (AvgIpc) is 3.27. The molecule has 0 aliphatic carbocycles. The third-order valence-electron chi connectivity index (χ3n) is 4.25. The molecule has 4 aromatic rings. The number of carbonyl (C=O) groups excluding carboxylic acids is 1. The van der Waals surface area contributed by atoms with Gasteiger partial charge < -0.3 is 10.1 Å². The second kappa shape index (κ2) is 9.63. The maximum Gasteiger partial charge on any atom is 0.336 e. The summed E-state index contributed by atoms with van der Waals surface area (Å²) in [5.74, 6) is -0.193. The van der Waals surface area contributed by atoms with Crippen LogP contribution in [0.15, 0.2) is 84.4 Å². The Kier molecular flexibility index (Phi) is 6.28. The molecular formula is C23H16N4O4S. The van der Waals surface area contributed by atoms with Crippen LogP contribution >= 0.6 is 11.3 Å². The van der Waals surface area contributed by atoms with Crippen LogP contribution in [0.25, 0.3) is 17.5 Å². The molecule has 32 heavy (non-hydrogen) atoms. The number of aromatic nitrogens is 2. The van der Waals surface area contributed by atoms with E-state index in [0.29, 0.717) is 16.4 Å². The standard InChI is InChI=1S/C23H16N4O4S/c28-22(12-9-16-7-10-18(11-8-16)27(29)30)31-19-5-3-4-17(14-19)25-23-26-21(15-32-23)20-6-1-2-13-24-20/h1-15H,(H,25,26)/b12-9+. The zero-order valence-corrected chi connectivity index (χ0v) is 17.4. The van der Waals surface area contributed by atoms with Gasteiger partial charge in [0.1, 0.15) is 11.4 Å². The fourth-order valence-electron chi connectivity index (χ4n) is 2.75. The molecule has 0 amide bonds. The molecule has 0 saturated heterocycles. The Bertz CT molecular complexity index is 1270. The Morgan fingerprint density at radius 2 is 1.91 bits per heavy atom. The number of anilines is 2. The molecular weight excluding hydrogens is 428 g/mol. The van der Waals surface area contributed by atoms with Crippen molar-refractivity contribution in [1.29, 1.82) is 0 Å². The lowest BCUT2D eigenvalue weighted by molar-refractivity contribution is -0.384. The topological polar surface area (TPSA) is 107 Å². The van der Waals surface area contributed by atoms with Crippen molar-refractivity contribution in [3.63, 3.8) is 0 Å². The number of ether oxygens (including phenoxy) is 1. The van der Waals surface area contributed by atoms with Gasteiger partial charge >= 0.3 is 5.97 Å². The number of hydrogen-bond acceptors (Lipinski definition) is 8. The van der Waals surface area contributed by atoms with Crippen LogP contribution in [0.5, 0.6) is 5.75 Å². The van der Waals surface area contributed by atoms with Crippen molar-refractivity contribution in [1.82, 2.24) is 9.97 Å². The second-order valence-electron chi connectivity index (χ2n) is 6.51. The molecule has 9 heteroatoms. The molecule has 8 nitrogen and oxygen atoms in total. The summed E-state index contributed by atoms with van der Waals surface area (Å²) in [7, 11) is 0. The van der Waals surface area contributed by atoms with E-state index in [1.807, 2.05) is 29.6 Å². The summed E-state index contributed by atoms with van der Waals surface area (Å²) < 4.78 is 5.35. The van der Waals surface area contributed by atoms with Gasteiger partial charge in [0, 0.05) is 41.5 Å². The van der Waals surface area contributed by atoms with Crippen LogP contribution in [0.2, 0.25) is 0 Å². The number of rotatable bonds is 7. The van der Waals surface area contributed by atoms with E-state index in [0.717, 1.165) is 17.1 Å². The number of nitro groups is 1. The van der Waals surface area contributed by atoms with Crippen LogP contribution in [0, 0.1) is 10.1 Å². The Balaban J connectivity index is 1.38. The van der Waals surface area contributed by atoms with Gasteiger partial charge in [0.05, 0.1) is 10.6 Å². The Labute approximate surface area is 187 Å². The van der Waals surface area contributed by atoms with Crippen molar-refractivity contribution in [2.24, 2.45) is 0 Å². The van der Waals surface area contributed by atoms with Crippen molar-refractivity contribution in [2.45, 2.75) is 0 Å². The number of pyridine rings is 1. The molecule has 2 aromatic carbocycles. The molecule has 0 atom stereocenters. The van der Waals surface area contributed by atoms with Crippen LogP contribution < -0.4 is 10.1 Å². The molecule has 4 rings (SSSR count). The first-order chi connectivity index (χ1) is 15.6. The molecule has 0 saturated carbocycles. The van der Waals surface area contributed by atoms with Crippen LogP contribution in [-0.4, -0.2) is 20.9 Å². The predicted molar refractivity (Wildman–Crippen MR) is 123 cm³/mol. The summed E-state index contributed by atoms with van der Waals surface area (Å²) in [5.41, 5.74) is 2.92. The van der Waals surface area contributed by atoms with Gasteiger partial charge in [-0.1, -0.05) is 12.1 Å². The van der Waals surface area contributed by atoms with Crippen molar-refractivity contribution >= 4 is 39.9 Å². The second-order valence-corrected chi connectivity index (χ2v) is 7.37. The summed E-state index contributed by atoms with van der Waals surface area (Å²) in [6.45, 7) is 0. The maximum absolute atomic E-state index is 12.1. The van der Waals surface area contributed by atoms with E-state index in [-0.39, 0.29) is 5.69 Å². The molecule has 0 spiro atoms. The van der Waals surface area contributed by atoms with E-state index in [9.17, 15) is 14.9 Å². The van der Waals surface area contributed by atoms with Crippen LogP contribution in [-0.2, 0) is 4.79 Å². The number of thiazole rings is 1. The smallest absolute Gasteiger partial charge is 0.336 e. The van der Waals surface area contributed by atoms with Crippen molar-refractivity contribution < 1.29 is 14.5 Å². The van der Waals surface area contributed by atoms with Gasteiger partial charge in [0.25, 0.3) is 5.69 Å². The van der Waals surface area contributed by atoms with Gasteiger partial charge in [-0.2, -0.15) is 0 Å². The SMILES string of the molecule is O=C(/C=C/c1ccc([N+](=O)[O-])cc1)Oc1cccc(Nc2nc(-c3ccccn3)cs2)c1. The molecule has 0 aliphatic heterocycles. The number of nitrogens with one attached hydrogen (secondary N) is 1. The van der Waals surface area contributed by atoms with Gasteiger partial charge in [-0.15, -0.1) is 11.3 Å². The highest BCUT2D eigenvalue weighted by Crippen LogP contribution is 2.27. The summed E-state index contributed by atoms with van der Waals surface area (Å²) in [4.78, 5) is 31.2. The third-order valence-corrected chi connectivity index (χ3v) is 5.01. The Morgan fingerprint density at radius 1 is 1.06 bits per heavy atom. The van der Waals surface area contributed by atoms with Crippen LogP contribution in [0.3, 0.4) is 0 Å². The largest absolute Gasteiger partial charge is 0.423 e. The van der Waals surface area contributed by atoms with Crippen LogP contribution in [0.1, 0.15) is 5.56 Å². The lowest BCUT2D eigenvalue weighted by Gasteiger charge is -2.06. The fraction of sp³-hybridized carbons (Fsp3) is 0. The van der Waals surface area contributed by atoms with Gasteiger partial charge in [-0.25, -0.2) is 9.78 Å².